The molecule has 0 bridgehead atoms. The van der Waals surface area contributed by atoms with Crippen LogP contribution >= 0.6 is 11.6 Å². The third-order valence-corrected chi connectivity index (χ3v) is 2.70. The van der Waals surface area contributed by atoms with E-state index in [4.69, 9.17) is 11.6 Å². The van der Waals surface area contributed by atoms with E-state index in [0.29, 0.717) is 11.5 Å². The van der Waals surface area contributed by atoms with E-state index in [2.05, 4.69) is 20.2 Å². The van der Waals surface area contributed by atoms with Crippen LogP contribution in [0.15, 0.2) is 35.1 Å². The SMILES string of the molecule is O=c1[nH]c(-c2ccccc2)nc2n[nH]c(Cl)c12. The van der Waals surface area contributed by atoms with Crippen LogP contribution in [0.5, 0.6) is 0 Å². The molecule has 6 heteroatoms. The van der Waals surface area contributed by atoms with E-state index in [9.17, 15) is 4.79 Å². The van der Waals surface area contributed by atoms with Gasteiger partial charge in [0.2, 0.25) is 0 Å². The summed E-state index contributed by atoms with van der Waals surface area (Å²) in [5, 5.41) is 6.89. The summed E-state index contributed by atoms with van der Waals surface area (Å²) in [5.74, 6) is 0.478. The smallest absolute Gasteiger partial charge is 0.263 e. The molecule has 0 saturated heterocycles. The number of hydrogen-bond donors (Lipinski definition) is 2. The van der Waals surface area contributed by atoms with E-state index in [1.54, 1.807) is 0 Å². The van der Waals surface area contributed by atoms with Crippen molar-refractivity contribution in [2.45, 2.75) is 0 Å². The van der Waals surface area contributed by atoms with Crippen molar-refractivity contribution in [3.8, 4) is 11.4 Å². The maximum absolute atomic E-state index is 11.8. The Morgan fingerprint density at radius 3 is 2.71 bits per heavy atom. The second-order valence-electron chi connectivity index (χ2n) is 3.52. The zero-order valence-corrected chi connectivity index (χ0v) is 9.32. The molecule has 0 atom stereocenters. The highest BCUT2D eigenvalue weighted by atomic mass is 35.5. The standard InChI is InChI=1S/C11H7ClN4O/c12-8-7-10(16-15-8)13-9(14-11(7)17)6-4-2-1-3-5-6/h1-5H,(H2,13,14,15,16,17). The lowest BCUT2D eigenvalue weighted by Gasteiger charge is -1.99. The van der Waals surface area contributed by atoms with Crippen LogP contribution in [0, 0.1) is 0 Å². The van der Waals surface area contributed by atoms with Crippen LogP contribution in [0.25, 0.3) is 22.4 Å². The van der Waals surface area contributed by atoms with Gasteiger partial charge in [0.25, 0.3) is 5.56 Å². The second-order valence-corrected chi connectivity index (χ2v) is 3.89. The van der Waals surface area contributed by atoms with Gasteiger partial charge < -0.3 is 4.98 Å². The number of benzene rings is 1. The summed E-state index contributed by atoms with van der Waals surface area (Å²) in [5.41, 5.74) is 0.843. The number of H-pyrrole nitrogens is 2. The Kier molecular flexibility index (Phi) is 2.19. The minimum Gasteiger partial charge on any atom is -0.306 e. The molecule has 3 rings (SSSR count). The summed E-state index contributed by atoms with van der Waals surface area (Å²) in [4.78, 5) is 18.7. The van der Waals surface area contributed by atoms with Crippen LogP contribution in [0.3, 0.4) is 0 Å². The summed E-state index contributed by atoms with van der Waals surface area (Å²) in [6.45, 7) is 0. The maximum atomic E-state index is 11.8. The molecule has 17 heavy (non-hydrogen) atoms. The monoisotopic (exact) mass is 246 g/mol. The zero-order chi connectivity index (χ0) is 11.8. The zero-order valence-electron chi connectivity index (χ0n) is 8.57. The van der Waals surface area contributed by atoms with Gasteiger partial charge in [-0.25, -0.2) is 4.98 Å². The predicted octanol–water partition coefficient (Wildman–Crippen LogP) is 1.97. The average molecular weight is 247 g/mol. The lowest BCUT2D eigenvalue weighted by molar-refractivity contribution is 1.09. The molecule has 2 heterocycles. The number of nitrogens with one attached hydrogen (secondary N) is 2. The quantitative estimate of drug-likeness (QED) is 0.689. The van der Waals surface area contributed by atoms with Gasteiger partial charge in [-0.15, -0.1) is 0 Å². The molecular weight excluding hydrogens is 240 g/mol. The molecule has 0 aliphatic carbocycles. The van der Waals surface area contributed by atoms with Gasteiger partial charge in [-0.1, -0.05) is 41.9 Å². The topological polar surface area (TPSA) is 74.4 Å². The third-order valence-electron chi connectivity index (χ3n) is 2.43. The molecule has 1 aromatic carbocycles. The number of aromatic nitrogens is 4. The molecule has 0 saturated carbocycles. The van der Waals surface area contributed by atoms with Gasteiger partial charge in [-0.3, -0.25) is 9.89 Å². The average Bonchev–Trinajstić information content (AvgIpc) is 2.73. The van der Waals surface area contributed by atoms with Crippen molar-refractivity contribution in [3.63, 3.8) is 0 Å². The van der Waals surface area contributed by atoms with E-state index < -0.39 is 0 Å². The Balaban J connectivity index is 2.30. The Hall–Kier alpha value is -2.14. The highest BCUT2D eigenvalue weighted by Crippen LogP contribution is 2.18. The third kappa shape index (κ3) is 1.60. The first-order valence-corrected chi connectivity index (χ1v) is 5.33. The predicted molar refractivity (Wildman–Crippen MR) is 65.0 cm³/mol. The molecule has 0 aliphatic heterocycles. The number of nitrogens with zero attached hydrogens (tertiary/aromatic N) is 2. The molecule has 3 aromatic rings. The first-order chi connectivity index (χ1) is 8.25. The molecule has 0 spiro atoms. The number of halogens is 1. The van der Waals surface area contributed by atoms with Gasteiger partial charge in [0, 0.05) is 5.56 Å². The molecule has 0 radical (unpaired) electrons. The maximum Gasteiger partial charge on any atom is 0.263 e. The van der Waals surface area contributed by atoms with Crippen LogP contribution in [0.2, 0.25) is 5.15 Å². The van der Waals surface area contributed by atoms with E-state index in [-0.39, 0.29) is 16.1 Å². The molecule has 84 valence electrons. The fraction of sp³-hybridized carbons (Fsp3) is 0. The van der Waals surface area contributed by atoms with E-state index in [1.165, 1.54) is 0 Å². The van der Waals surface area contributed by atoms with Crippen LogP contribution in [-0.2, 0) is 0 Å². The van der Waals surface area contributed by atoms with Crippen molar-refractivity contribution in [1.82, 2.24) is 20.2 Å². The summed E-state index contributed by atoms with van der Waals surface area (Å²) in [7, 11) is 0. The van der Waals surface area contributed by atoms with E-state index in [0.717, 1.165) is 5.56 Å². The molecule has 2 N–H and O–H groups in total. The number of hydrogen-bond acceptors (Lipinski definition) is 3. The van der Waals surface area contributed by atoms with Gasteiger partial charge in [0.05, 0.1) is 0 Å². The summed E-state index contributed by atoms with van der Waals surface area (Å²) >= 11 is 5.80. The van der Waals surface area contributed by atoms with Crippen LogP contribution < -0.4 is 5.56 Å². The van der Waals surface area contributed by atoms with Crippen molar-refractivity contribution in [3.05, 3.63) is 45.8 Å². The fourth-order valence-corrected chi connectivity index (χ4v) is 1.84. The highest BCUT2D eigenvalue weighted by molar-refractivity contribution is 6.33. The van der Waals surface area contributed by atoms with Crippen molar-refractivity contribution in [2.75, 3.05) is 0 Å². The van der Waals surface area contributed by atoms with Gasteiger partial charge >= 0.3 is 0 Å². The van der Waals surface area contributed by atoms with Crippen LogP contribution in [0.4, 0.5) is 0 Å². The molecular formula is C11H7ClN4O. The summed E-state index contributed by atoms with van der Waals surface area (Å²) < 4.78 is 0. The minimum absolute atomic E-state index is 0.202. The fourth-order valence-electron chi connectivity index (χ4n) is 1.63. The molecule has 0 unspecified atom stereocenters. The molecule has 0 amide bonds. The van der Waals surface area contributed by atoms with Gasteiger partial charge in [0.1, 0.15) is 16.4 Å². The molecule has 0 aliphatic rings. The van der Waals surface area contributed by atoms with Crippen molar-refractivity contribution >= 4 is 22.6 Å². The van der Waals surface area contributed by atoms with Crippen molar-refractivity contribution < 1.29 is 0 Å². The first kappa shape index (κ1) is 10.0. The Morgan fingerprint density at radius 1 is 1.18 bits per heavy atom. The molecule has 5 nitrogen and oxygen atoms in total. The lowest BCUT2D eigenvalue weighted by atomic mass is 10.2. The summed E-state index contributed by atoms with van der Waals surface area (Å²) in [6.07, 6.45) is 0. The molecule has 2 aromatic heterocycles. The van der Waals surface area contributed by atoms with E-state index in [1.807, 2.05) is 30.3 Å². The van der Waals surface area contributed by atoms with Crippen molar-refractivity contribution in [2.24, 2.45) is 0 Å². The molecule has 0 fully saturated rings. The van der Waals surface area contributed by atoms with Crippen molar-refractivity contribution in [1.29, 1.82) is 0 Å². The summed E-state index contributed by atoms with van der Waals surface area (Å²) in [6, 6.07) is 9.36. The Morgan fingerprint density at radius 2 is 1.94 bits per heavy atom. The Labute approximate surface area is 100 Å². The van der Waals surface area contributed by atoms with E-state index >= 15 is 0 Å². The Bertz CT molecular complexity index is 732. The number of aromatic amines is 2. The lowest BCUT2D eigenvalue weighted by Crippen LogP contribution is -2.08. The first-order valence-electron chi connectivity index (χ1n) is 4.95. The normalized spacial score (nSPS) is 10.9. The van der Waals surface area contributed by atoms with Crippen LogP contribution in [0.1, 0.15) is 0 Å². The van der Waals surface area contributed by atoms with Gasteiger partial charge in [0.15, 0.2) is 5.65 Å². The second kappa shape index (κ2) is 3.71. The number of rotatable bonds is 1. The number of fused-ring (bicyclic) bond motifs is 1. The largest absolute Gasteiger partial charge is 0.306 e. The highest BCUT2D eigenvalue weighted by Gasteiger charge is 2.11. The van der Waals surface area contributed by atoms with Crippen LogP contribution in [-0.4, -0.2) is 20.2 Å². The van der Waals surface area contributed by atoms with Gasteiger partial charge in [-0.05, 0) is 0 Å². The van der Waals surface area contributed by atoms with Gasteiger partial charge in [-0.2, -0.15) is 5.10 Å². The minimum atomic E-state index is -0.299.